The standard InChI is InChI=1S/C27H25FN4O5S/c28-19-6-3-15-4-8-24(35)32-12-16(25(19)26(15)32)10-22(33)29-9-1-2-18-13-31(27(36)37-18)17-5-7-21-20(11-17)30-23(34)14-38-21/h3-8,11,16,18H,1-2,9-10,12-14H2,(H,29,33)(H,30,34)/t16-,18-/m1/s1. The minimum Gasteiger partial charge on any atom is -0.444 e. The fourth-order valence-electron chi connectivity index (χ4n) is 5.42. The summed E-state index contributed by atoms with van der Waals surface area (Å²) in [7, 11) is 0. The number of rotatable bonds is 7. The number of ether oxygens (including phenoxy) is 1. The molecule has 0 unspecified atom stereocenters. The third-order valence-electron chi connectivity index (χ3n) is 7.19. The highest BCUT2D eigenvalue weighted by Crippen LogP contribution is 2.37. The number of carbonyl (C=O) groups is 3. The van der Waals surface area contributed by atoms with Crippen LogP contribution in [-0.4, -0.2) is 47.4 Å². The van der Waals surface area contributed by atoms with Crippen molar-refractivity contribution >= 4 is 51.9 Å². The van der Waals surface area contributed by atoms with Gasteiger partial charge in [0.05, 0.1) is 23.5 Å². The molecule has 1 aromatic heterocycles. The van der Waals surface area contributed by atoms with E-state index < -0.39 is 17.8 Å². The summed E-state index contributed by atoms with van der Waals surface area (Å²) in [6.07, 6.45) is 0.487. The Hall–Kier alpha value is -3.86. The summed E-state index contributed by atoms with van der Waals surface area (Å²) in [5, 5.41) is 6.48. The van der Waals surface area contributed by atoms with E-state index in [4.69, 9.17) is 4.74 Å². The van der Waals surface area contributed by atoms with Crippen molar-refractivity contribution < 1.29 is 23.5 Å². The molecule has 2 aromatic carbocycles. The Labute approximate surface area is 221 Å². The van der Waals surface area contributed by atoms with E-state index in [9.17, 15) is 23.6 Å². The first-order valence-corrected chi connectivity index (χ1v) is 13.5. The zero-order valence-electron chi connectivity index (χ0n) is 20.4. The first kappa shape index (κ1) is 24.5. The highest BCUT2D eigenvalue weighted by atomic mass is 32.2. The van der Waals surface area contributed by atoms with E-state index in [1.807, 2.05) is 12.1 Å². The van der Waals surface area contributed by atoms with E-state index in [1.54, 1.807) is 27.7 Å². The lowest BCUT2D eigenvalue weighted by atomic mass is 9.96. The van der Waals surface area contributed by atoms with Crippen LogP contribution in [0.1, 0.15) is 30.7 Å². The monoisotopic (exact) mass is 536 g/mol. The van der Waals surface area contributed by atoms with Crippen LogP contribution in [0.15, 0.2) is 52.2 Å². The molecule has 3 amide bonds. The van der Waals surface area contributed by atoms with E-state index in [0.717, 1.165) is 10.3 Å². The molecule has 2 atom stereocenters. The summed E-state index contributed by atoms with van der Waals surface area (Å²) in [6, 6.07) is 11.7. The summed E-state index contributed by atoms with van der Waals surface area (Å²) in [5.74, 6) is -0.723. The minimum atomic E-state index is -0.444. The van der Waals surface area contributed by atoms with Gasteiger partial charge in [0.25, 0.3) is 5.56 Å². The van der Waals surface area contributed by atoms with Crippen molar-refractivity contribution in [2.24, 2.45) is 0 Å². The van der Waals surface area contributed by atoms with Gasteiger partial charge in [-0.1, -0.05) is 0 Å². The molecule has 3 aliphatic rings. The van der Waals surface area contributed by atoms with E-state index in [1.165, 1.54) is 23.9 Å². The number of hydrogen-bond donors (Lipinski definition) is 2. The van der Waals surface area contributed by atoms with Gasteiger partial charge < -0.3 is 19.9 Å². The lowest BCUT2D eigenvalue weighted by Gasteiger charge is -2.20. The third kappa shape index (κ3) is 4.51. The van der Waals surface area contributed by atoms with Gasteiger partial charge in [0.2, 0.25) is 11.8 Å². The number of halogens is 1. The lowest BCUT2D eigenvalue weighted by Crippen LogP contribution is -2.28. The maximum absolute atomic E-state index is 14.6. The molecule has 0 spiro atoms. The lowest BCUT2D eigenvalue weighted by molar-refractivity contribution is -0.121. The van der Waals surface area contributed by atoms with Crippen LogP contribution in [0, 0.1) is 5.82 Å². The van der Waals surface area contributed by atoms with E-state index in [2.05, 4.69) is 10.6 Å². The molecule has 6 rings (SSSR count). The molecule has 0 saturated carbocycles. The van der Waals surface area contributed by atoms with Crippen LogP contribution >= 0.6 is 11.8 Å². The molecule has 11 heteroatoms. The fourth-order valence-corrected chi connectivity index (χ4v) is 6.21. The first-order chi connectivity index (χ1) is 18.4. The van der Waals surface area contributed by atoms with Gasteiger partial charge in [-0.25, -0.2) is 9.18 Å². The number of pyridine rings is 1. The Balaban J connectivity index is 1.00. The Kier molecular flexibility index (Phi) is 6.30. The number of amides is 3. The van der Waals surface area contributed by atoms with Crippen molar-refractivity contribution in [3.05, 3.63) is 64.2 Å². The molecular weight excluding hydrogens is 511 g/mol. The van der Waals surface area contributed by atoms with Gasteiger partial charge in [0.15, 0.2) is 0 Å². The molecule has 3 aromatic rings. The average Bonchev–Trinajstić information content (AvgIpc) is 3.47. The molecular formula is C27H25FN4O5S. The van der Waals surface area contributed by atoms with E-state index in [-0.39, 0.29) is 36.4 Å². The van der Waals surface area contributed by atoms with Crippen LogP contribution in [0.25, 0.3) is 10.9 Å². The number of nitrogens with zero attached hydrogens (tertiary/aromatic N) is 2. The SMILES string of the molecule is O=C(C[C@@H]1Cn2c(=O)ccc3ccc(F)c1c32)NCCC[C@@H]1CN(c2ccc3c(c2)NC(=O)CS3)C(=O)O1. The second kappa shape index (κ2) is 9.79. The number of carbonyl (C=O) groups excluding carboxylic acids is 3. The highest BCUT2D eigenvalue weighted by Gasteiger charge is 2.33. The van der Waals surface area contributed by atoms with E-state index in [0.29, 0.717) is 54.1 Å². The van der Waals surface area contributed by atoms with Crippen LogP contribution in [0.4, 0.5) is 20.6 Å². The number of thioether (sulfide) groups is 1. The highest BCUT2D eigenvalue weighted by molar-refractivity contribution is 8.00. The molecule has 0 aliphatic carbocycles. The van der Waals surface area contributed by atoms with Crippen LogP contribution < -0.4 is 21.1 Å². The van der Waals surface area contributed by atoms with Gasteiger partial charge >= 0.3 is 6.09 Å². The molecule has 0 radical (unpaired) electrons. The van der Waals surface area contributed by atoms with Crippen molar-refractivity contribution in [2.75, 3.05) is 29.1 Å². The van der Waals surface area contributed by atoms with Gasteiger partial charge in [-0.3, -0.25) is 19.3 Å². The smallest absolute Gasteiger partial charge is 0.414 e. The summed E-state index contributed by atoms with van der Waals surface area (Å²) in [5.41, 5.74) is 2.14. The van der Waals surface area contributed by atoms with Crippen LogP contribution in [0.3, 0.4) is 0 Å². The predicted octanol–water partition coefficient (Wildman–Crippen LogP) is 3.59. The minimum absolute atomic E-state index is 0.0721. The molecule has 9 nitrogen and oxygen atoms in total. The first-order valence-electron chi connectivity index (χ1n) is 12.5. The topological polar surface area (TPSA) is 110 Å². The molecule has 0 bridgehead atoms. The predicted molar refractivity (Wildman–Crippen MR) is 141 cm³/mol. The van der Waals surface area contributed by atoms with Crippen LogP contribution in [-0.2, 0) is 20.9 Å². The zero-order valence-corrected chi connectivity index (χ0v) is 21.2. The number of benzene rings is 2. The van der Waals surface area contributed by atoms with Gasteiger partial charge in [-0.2, -0.15) is 0 Å². The molecule has 1 saturated heterocycles. The summed E-state index contributed by atoms with van der Waals surface area (Å²) in [6.45, 7) is 1.05. The molecule has 3 aliphatic heterocycles. The number of nitrogens with one attached hydrogen (secondary N) is 2. The second-order valence-electron chi connectivity index (χ2n) is 9.71. The summed E-state index contributed by atoms with van der Waals surface area (Å²) < 4.78 is 21.7. The number of aromatic nitrogens is 1. The molecule has 1 fully saturated rings. The largest absolute Gasteiger partial charge is 0.444 e. The summed E-state index contributed by atoms with van der Waals surface area (Å²) >= 11 is 1.46. The van der Waals surface area contributed by atoms with Crippen LogP contribution in [0.5, 0.6) is 0 Å². The Morgan fingerprint density at radius 3 is 2.84 bits per heavy atom. The van der Waals surface area contributed by atoms with Crippen molar-refractivity contribution in [1.29, 1.82) is 0 Å². The van der Waals surface area contributed by atoms with Crippen molar-refractivity contribution in [3.63, 3.8) is 0 Å². The van der Waals surface area contributed by atoms with Gasteiger partial charge in [-0.15, -0.1) is 11.8 Å². The number of fused-ring (bicyclic) bond motifs is 1. The van der Waals surface area contributed by atoms with Crippen molar-refractivity contribution in [1.82, 2.24) is 9.88 Å². The Bertz CT molecular complexity index is 1540. The molecule has 38 heavy (non-hydrogen) atoms. The normalized spacial score (nSPS) is 19.9. The van der Waals surface area contributed by atoms with Gasteiger partial charge in [0.1, 0.15) is 11.9 Å². The van der Waals surface area contributed by atoms with Crippen LogP contribution in [0.2, 0.25) is 0 Å². The fraction of sp³-hybridized carbons (Fsp3) is 0.333. The summed E-state index contributed by atoms with van der Waals surface area (Å²) in [4.78, 5) is 51.6. The molecule has 196 valence electrons. The maximum Gasteiger partial charge on any atom is 0.414 e. The van der Waals surface area contributed by atoms with Gasteiger partial charge in [0, 0.05) is 47.6 Å². The van der Waals surface area contributed by atoms with Crippen molar-refractivity contribution in [2.45, 2.75) is 42.7 Å². The maximum atomic E-state index is 14.6. The average molecular weight is 537 g/mol. The Morgan fingerprint density at radius 1 is 1.13 bits per heavy atom. The van der Waals surface area contributed by atoms with Gasteiger partial charge in [-0.05, 0) is 54.6 Å². The number of hydrogen-bond acceptors (Lipinski definition) is 6. The number of cyclic esters (lactones) is 1. The quantitative estimate of drug-likeness (QED) is 0.447. The third-order valence-corrected chi connectivity index (χ3v) is 8.26. The van der Waals surface area contributed by atoms with Crippen molar-refractivity contribution in [3.8, 4) is 0 Å². The molecule has 4 heterocycles. The Morgan fingerprint density at radius 2 is 1.97 bits per heavy atom. The zero-order chi connectivity index (χ0) is 26.4. The second-order valence-corrected chi connectivity index (χ2v) is 10.7. The number of anilines is 2. The van der Waals surface area contributed by atoms with E-state index >= 15 is 0 Å². The molecule has 2 N–H and O–H groups in total.